The number of rotatable bonds is 3. The highest BCUT2D eigenvalue weighted by Gasteiger charge is 2.19. The molecule has 20 heavy (non-hydrogen) atoms. The molecule has 1 aromatic heterocycles. The number of aryl methyl sites for hydroxylation is 1. The SMILES string of the molecule is Cc1nc(NC(=O)c2cccc(Cl)c2)sc1S(N)(=O)=O. The summed E-state index contributed by atoms with van der Waals surface area (Å²) in [5, 5.41) is 8.15. The molecule has 0 aliphatic heterocycles. The first-order valence-electron chi connectivity index (χ1n) is 5.34. The monoisotopic (exact) mass is 331 g/mol. The first-order valence-corrected chi connectivity index (χ1v) is 8.08. The predicted octanol–water partition coefficient (Wildman–Crippen LogP) is 2.00. The van der Waals surface area contributed by atoms with Gasteiger partial charge < -0.3 is 0 Å². The number of nitrogens with zero attached hydrogens (tertiary/aromatic N) is 1. The Kier molecular flexibility index (Phi) is 4.09. The van der Waals surface area contributed by atoms with Crippen molar-refractivity contribution in [2.24, 2.45) is 5.14 Å². The third-order valence-electron chi connectivity index (χ3n) is 2.32. The van der Waals surface area contributed by atoms with Crippen molar-refractivity contribution in [1.82, 2.24) is 4.98 Å². The molecule has 106 valence electrons. The lowest BCUT2D eigenvalue weighted by Gasteiger charge is -2.01. The van der Waals surface area contributed by atoms with Gasteiger partial charge in [0.1, 0.15) is 0 Å². The van der Waals surface area contributed by atoms with Crippen molar-refractivity contribution < 1.29 is 13.2 Å². The molecule has 0 atom stereocenters. The van der Waals surface area contributed by atoms with Crippen molar-refractivity contribution in [1.29, 1.82) is 0 Å². The maximum atomic E-state index is 12.0. The molecule has 0 fully saturated rings. The average molecular weight is 332 g/mol. The zero-order valence-corrected chi connectivity index (χ0v) is 12.6. The number of primary sulfonamides is 1. The van der Waals surface area contributed by atoms with Crippen LogP contribution >= 0.6 is 22.9 Å². The Morgan fingerprint density at radius 1 is 1.45 bits per heavy atom. The number of anilines is 1. The number of thiazole rings is 1. The van der Waals surface area contributed by atoms with Gasteiger partial charge in [0.2, 0.25) is 10.0 Å². The molecule has 0 spiro atoms. The molecule has 0 aliphatic rings. The minimum absolute atomic E-state index is 0.0705. The molecule has 1 heterocycles. The third kappa shape index (κ3) is 3.34. The van der Waals surface area contributed by atoms with E-state index in [0.29, 0.717) is 10.6 Å². The molecule has 6 nitrogen and oxygen atoms in total. The summed E-state index contributed by atoms with van der Waals surface area (Å²) >= 11 is 6.60. The smallest absolute Gasteiger partial charge is 0.257 e. The molecule has 0 saturated carbocycles. The Labute approximate surface area is 124 Å². The summed E-state index contributed by atoms with van der Waals surface area (Å²) in [5.41, 5.74) is 0.599. The zero-order valence-electron chi connectivity index (χ0n) is 10.3. The molecule has 0 saturated heterocycles. The summed E-state index contributed by atoms with van der Waals surface area (Å²) in [6.45, 7) is 1.51. The van der Waals surface area contributed by atoms with E-state index in [0.717, 1.165) is 11.3 Å². The van der Waals surface area contributed by atoms with E-state index < -0.39 is 15.9 Å². The molecule has 0 unspecified atom stereocenters. The number of hydrogen-bond acceptors (Lipinski definition) is 5. The van der Waals surface area contributed by atoms with Crippen molar-refractivity contribution in [3.8, 4) is 0 Å². The van der Waals surface area contributed by atoms with Gasteiger partial charge in [-0.25, -0.2) is 18.5 Å². The van der Waals surface area contributed by atoms with Crippen LogP contribution < -0.4 is 10.5 Å². The Morgan fingerprint density at radius 3 is 2.70 bits per heavy atom. The minimum Gasteiger partial charge on any atom is -0.298 e. The van der Waals surface area contributed by atoms with Crippen molar-refractivity contribution in [2.45, 2.75) is 11.1 Å². The quantitative estimate of drug-likeness (QED) is 0.897. The third-order valence-corrected chi connectivity index (χ3v) is 5.18. The minimum atomic E-state index is -3.84. The summed E-state index contributed by atoms with van der Waals surface area (Å²) in [6.07, 6.45) is 0. The van der Waals surface area contributed by atoms with Crippen LogP contribution in [0.15, 0.2) is 28.5 Å². The van der Waals surface area contributed by atoms with Gasteiger partial charge in [-0.2, -0.15) is 0 Å². The van der Waals surface area contributed by atoms with Gasteiger partial charge in [0, 0.05) is 10.6 Å². The fourth-order valence-corrected chi connectivity index (χ4v) is 3.54. The summed E-state index contributed by atoms with van der Waals surface area (Å²) < 4.78 is 22.5. The molecule has 2 rings (SSSR count). The average Bonchev–Trinajstić information content (AvgIpc) is 2.70. The van der Waals surface area contributed by atoms with Gasteiger partial charge in [0.25, 0.3) is 5.91 Å². The van der Waals surface area contributed by atoms with Crippen LogP contribution in [0.2, 0.25) is 5.02 Å². The van der Waals surface area contributed by atoms with E-state index in [1.165, 1.54) is 13.0 Å². The van der Waals surface area contributed by atoms with Crippen molar-refractivity contribution in [3.63, 3.8) is 0 Å². The van der Waals surface area contributed by atoms with Crippen LogP contribution in [0, 0.1) is 6.92 Å². The molecule has 1 aromatic carbocycles. The number of amides is 1. The summed E-state index contributed by atoms with van der Waals surface area (Å²) in [4.78, 5) is 15.9. The van der Waals surface area contributed by atoms with Gasteiger partial charge in [-0.3, -0.25) is 10.1 Å². The molecule has 0 bridgehead atoms. The molecule has 2 aromatic rings. The van der Waals surface area contributed by atoms with Gasteiger partial charge in [0.05, 0.1) is 5.69 Å². The lowest BCUT2D eigenvalue weighted by atomic mass is 10.2. The predicted molar refractivity (Wildman–Crippen MR) is 77.6 cm³/mol. The summed E-state index contributed by atoms with van der Waals surface area (Å²) in [6, 6.07) is 6.37. The molecular weight excluding hydrogens is 322 g/mol. The van der Waals surface area contributed by atoms with Crippen molar-refractivity contribution in [2.75, 3.05) is 5.32 Å². The van der Waals surface area contributed by atoms with Gasteiger partial charge in [0.15, 0.2) is 9.34 Å². The number of benzene rings is 1. The van der Waals surface area contributed by atoms with E-state index in [1.54, 1.807) is 18.2 Å². The molecule has 0 aliphatic carbocycles. The van der Waals surface area contributed by atoms with Gasteiger partial charge in [-0.1, -0.05) is 29.0 Å². The molecule has 3 N–H and O–H groups in total. The highest BCUT2D eigenvalue weighted by atomic mass is 35.5. The fraction of sp³-hybridized carbons (Fsp3) is 0.0909. The second kappa shape index (κ2) is 5.49. The standard InChI is InChI=1S/C11H10ClN3O3S2/c1-6-10(20(13,17)18)19-11(14-6)15-9(16)7-3-2-4-8(12)5-7/h2-5H,1H3,(H2,13,17,18)(H,14,15,16). The first kappa shape index (κ1) is 14.9. The van der Waals surface area contributed by atoms with E-state index >= 15 is 0 Å². The molecule has 1 amide bonds. The highest BCUT2D eigenvalue weighted by Crippen LogP contribution is 2.26. The number of halogens is 1. The molecule has 9 heteroatoms. The zero-order chi connectivity index (χ0) is 14.9. The van der Waals surface area contributed by atoms with Crippen LogP contribution in [0.5, 0.6) is 0 Å². The first-order chi connectivity index (χ1) is 9.27. The maximum Gasteiger partial charge on any atom is 0.257 e. The van der Waals surface area contributed by atoms with E-state index in [-0.39, 0.29) is 15.0 Å². The van der Waals surface area contributed by atoms with Gasteiger partial charge in [-0.15, -0.1) is 0 Å². The van der Waals surface area contributed by atoms with E-state index in [1.807, 2.05) is 0 Å². The highest BCUT2D eigenvalue weighted by molar-refractivity contribution is 7.91. The Balaban J connectivity index is 2.25. The molecular formula is C11H10ClN3O3S2. The summed E-state index contributed by atoms with van der Waals surface area (Å²) in [7, 11) is -3.84. The van der Waals surface area contributed by atoms with Gasteiger partial charge in [-0.05, 0) is 25.1 Å². The number of nitrogens with one attached hydrogen (secondary N) is 1. The van der Waals surface area contributed by atoms with Crippen molar-refractivity contribution in [3.05, 3.63) is 40.5 Å². The second-order valence-electron chi connectivity index (χ2n) is 3.90. The van der Waals surface area contributed by atoms with Crippen LogP contribution in [-0.2, 0) is 10.0 Å². The fourth-order valence-electron chi connectivity index (χ4n) is 1.50. The van der Waals surface area contributed by atoms with Crippen LogP contribution in [0.3, 0.4) is 0 Å². The Hall–Kier alpha value is -1.48. The summed E-state index contributed by atoms with van der Waals surface area (Å²) in [5.74, 6) is -0.429. The number of aromatic nitrogens is 1. The second-order valence-corrected chi connectivity index (χ2v) is 7.09. The topological polar surface area (TPSA) is 102 Å². The number of nitrogens with two attached hydrogens (primary N) is 1. The lowest BCUT2D eigenvalue weighted by Crippen LogP contribution is -2.11. The largest absolute Gasteiger partial charge is 0.298 e. The van der Waals surface area contributed by atoms with E-state index in [9.17, 15) is 13.2 Å². The lowest BCUT2D eigenvalue weighted by molar-refractivity contribution is 0.102. The number of hydrogen-bond donors (Lipinski definition) is 2. The number of carbonyl (C=O) groups is 1. The maximum absolute atomic E-state index is 12.0. The Bertz CT molecular complexity index is 771. The number of sulfonamides is 1. The van der Waals surface area contributed by atoms with Crippen LogP contribution in [0.4, 0.5) is 5.13 Å². The normalized spacial score (nSPS) is 11.3. The number of carbonyl (C=O) groups excluding carboxylic acids is 1. The van der Waals surface area contributed by atoms with Crippen molar-refractivity contribution >= 4 is 44.0 Å². The van der Waals surface area contributed by atoms with E-state index in [4.69, 9.17) is 16.7 Å². The Morgan fingerprint density at radius 2 is 2.15 bits per heavy atom. The van der Waals surface area contributed by atoms with Crippen LogP contribution in [-0.4, -0.2) is 19.3 Å². The van der Waals surface area contributed by atoms with Crippen LogP contribution in [0.1, 0.15) is 16.1 Å². The van der Waals surface area contributed by atoms with Gasteiger partial charge >= 0.3 is 0 Å². The molecule has 0 radical (unpaired) electrons. The van der Waals surface area contributed by atoms with E-state index in [2.05, 4.69) is 10.3 Å². The van der Waals surface area contributed by atoms with Crippen LogP contribution in [0.25, 0.3) is 0 Å².